The molecule has 0 aromatic carbocycles. The van der Waals surface area contributed by atoms with E-state index in [0.29, 0.717) is 5.76 Å². The number of pyridine rings is 1. The molecular weight excluding hydrogens is 276 g/mol. The zero-order valence-electron chi connectivity index (χ0n) is 12.5. The molecule has 3 heterocycles. The lowest BCUT2D eigenvalue weighted by Crippen LogP contribution is -2.05. The Bertz CT molecular complexity index is 739. The quantitative estimate of drug-likeness (QED) is 0.775. The number of nitrogen functional groups attached to an aromatic ring is 1. The molecule has 3 aromatic rings. The predicted octanol–water partition coefficient (Wildman–Crippen LogP) is 3.72. The first-order valence-electron chi connectivity index (χ1n) is 7.40. The van der Waals surface area contributed by atoms with Crippen LogP contribution in [0, 0.1) is 0 Å². The third kappa shape index (κ3) is 2.83. The van der Waals surface area contributed by atoms with Crippen LogP contribution in [0.2, 0.25) is 0 Å². The van der Waals surface area contributed by atoms with Crippen molar-refractivity contribution in [3.8, 4) is 22.7 Å². The van der Waals surface area contributed by atoms with Crippen LogP contribution in [0.15, 0.2) is 47.3 Å². The monoisotopic (exact) mass is 294 g/mol. The number of nitrogens with zero attached hydrogens (tertiary/aromatic N) is 3. The van der Waals surface area contributed by atoms with Gasteiger partial charge in [-0.05, 0) is 37.1 Å². The normalized spacial score (nSPS) is 10.8. The van der Waals surface area contributed by atoms with Crippen LogP contribution in [0.1, 0.15) is 25.3 Å². The van der Waals surface area contributed by atoms with E-state index in [4.69, 9.17) is 10.2 Å². The Hall–Kier alpha value is -2.69. The molecule has 0 fully saturated rings. The van der Waals surface area contributed by atoms with Gasteiger partial charge in [0.05, 0.1) is 12.0 Å². The van der Waals surface area contributed by atoms with Crippen LogP contribution in [0.3, 0.4) is 0 Å². The summed E-state index contributed by atoms with van der Waals surface area (Å²) in [6.07, 6.45) is 8.19. The number of furan rings is 1. The van der Waals surface area contributed by atoms with Crippen LogP contribution >= 0.6 is 0 Å². The average molecular weight is 294 g/mol. The van der Waals surface area contributed by atoms with Crippen molar-refractivity contribution in [1.29, 1.82) is 0 Å². The van der Waals surface area contributed by atoms with Gasteiger partial charge < -0.3 is 10.2 Å². The Morgan fingerprint density at radius 2 is 2.00 bits per heavy atom. The van der Waals surface area contributed by atoms with E-state index in [1.165, 1.54) is 0 Å². The fraction of sp³-hybridized carbons (Fsp3) is 0.235. The molecule has 5 heteroatoms. The van der Waals surface area contributed by atoms with Gasteiger partial charge >= 0.3 is 0 Å². The second-order valence-corrected chi connectivity index (χ2v) is 5.08. The molecule has 0 saturated carbocycles. The smallest absolute Gasteiger partial charge is 0.221 e. The molecule has 0 saturated heterocycles. The Morgan fingerprint density at radius 1 is 1.14 bits per heavy atom. The van der Waals surface area contributed by atoms with Gasteiger partial charge in [-0.3, -0.25) is 4.98 Å². The molecule has 3 rings (SSSR count). The lowest BCUT2D eigenvalue weighted by molar-refractivity contribution is 0.578. The van der Waals surface area contributed by atoms with Gasteiger partial charge in [0.1, 0.15) is 5.69 Å². The molecule has 3 aromatic heterocycles. The number of nitrogens with two attached hydrogens (primary N) is 1. The summed E-state index contributed by atoms with van der Waals surface area (Å²) >= 11 is 0. The minimum atomic E-state index is 0.241. The van der Waals surface area contributed by atoms with E-state index in [0.717, 1.165) is 41.8 Å². The van der Waals surface area contributed by atoms with Crippen molar-refractivity contribution >= 4 is 5.95 Å². The van der Waals surface area contributed by atoms with Crippen molar-refractivity contribution in [2.24, 2.45) is 0 Å². The molecule has 22 heavy (non-hydrogen) atoms. The summed E-state index contributed by atoms with van der Waals surface area (Å²) < 4.78 is 5.52. The van der Waals surface area contributed by atoms with Gasteiger partial charge in [-0.1, -0.05) is 13.3 Å². The molecule has 0 aliphatic carbocycles. The zero-order chi connectivity index (χ0) is 15.4. The first-order valence-corrected chi connectivity index (χ1v) is 7.40. The van der Waals surface area contributed by atoms with Crippen LogP contribution in [-0.2, 0) is 6.42 Å². The van der Waals surface area contributed by atoms with E-state index in [1.807, 2.05) is 24.3 Å². The Balaban J connectivity index is 2.20. The van der Waals surface area contributed by atoms with Crippen molar-refractivity contribution in [3.63, 3.8) is 0 Å². The van der Waals surface area contributed by atoms with Crippen molar-refractivity contribution in [1.82, 2.24) is 15.0 Å². The molecular formula is C17H18N4O. The fourth-order valence-electron chi connectivity index (χ4n) is 2.45. The summed E-state index contributed by atoms with van der Waals surface area (Å²) in [5.74, 6) is 0.954. The number of unbranched alkanes of at least 4 members (excludes halogenated alkanes) is 1. The highest BCUT2D eigenvalue weighted by molar-refractivity contribution is 5.72. The van der Waals surface area contributed by atoms with Crippen LogP contribution in [-0.4, -0.2) is 15.0 Å². The second kappa shape index (κ2) is 6.39. The molecule has 112 valence electrons. The van der Waals surface area contributed by atoms with E-state index in [-0.39, 0.29) is 5.95 Å². The van der Waals surface area contributed by atoms with Gasteiger partial charge in [-0.25, -0.2) is 9.97 Å². The third-order valence-electron chi connectivity index (χ3n) is 3.49. The third-order valence-corrected chi connectivity index (χ3v) is 3.49. The van der Waals surface area contributed by atoms with E-state index in [2.05, 4.69) is 21.9 Å². The maximum absolute atomic E-state index is 5.92. The second-order valence-electron chi connectivity index (χ2n) is 5.08. The molecule has 0 amide bonds. The minimum Gasteiger partial charge on any atom is -0.463 e. The molecule has 0 radical (unpaired) electrons. The van der Waals surface area contributed by atoms with E-state index in [1.54, 1.807) is 18.7 Å². The average Bonchev–Trinajstić information content (AvgIpc) is 3.08. The molecule has 0 unspecified atom stereocenters. The summed E-state index contributed by atoms with van der Waals surface area (Å²) in [6.45, 7) is 2.16. The fourth-order valence-corrected chi connectivity index (χ4v) is 2.45. The Labute approximate surface area is 129 Å². The van der Waals surface area contributed by atoms with E-state index >= 15 is 0 Å². The standard InChI is InChI=1S/C17H18N4O/c1-2-3-7-13-15(12-6-4-9-19-11-12)20-17(18)21-16(13)14-8-5-10-22-14/h4-6,8-11H,2-3,7H2,1H3,(H2,18,20,21). The first-order chi connectivity index (χ1) is 10.8. The highest BCUT2D eigenvalue weighted by Crippen LogP contribution is 2.31. The van der Waals surface area contributed by atoms with Crippen LogP contribution in [0.4, 0.5) is 5.95 Å². The van der Waals surface area contributed by atoms with Crippen LogP contribution < -0.4 is 5.73 Å². The molecule has 2 N–H and O–H groups in total. The summed E-state index contributed by atoms with van der Waals surface area (Å²) in [7, 11) is 0. The van der Waals surface area contributed by atoms with Gasteiger partial charge in [0.15, 0.2) is 5.76 Å². The largest absolute Gasteiger partial charge is 0.463 e. The van der Waals surface area contributed by atoms with E-state index < -0.39 is 0 Å². The van der Waals surface area contributed by atoms with Crippen LogP contribution in [0.25, 0.3) is 22.7 Å². The predicted molar refractivity (Wildman–Crippen MR) is 86.0 cm³/mol. The minimum absolute atomic E-state index is 0.241. The maximum atomic E-state index is 5.92. The lowest BCUT2D eigenvalue weighted by Gasteiger charge is -2.13. The van der Waals surface area contributed by atoms with Gasteiger partial charge in [0.25, 0.3) is 0 Å². The zero-order valence-corrected chi connectivity index (χ0v) is 12.5. The molecule has 5 nitrogen and oxygen atoms in total. The SMILES string of the molecule is CCCCc1c(-c2cccnc2)nc(N)nc1-c1ccco1. The van der Waals surface area contributed by atoms with Crippen LogP contribution in [0.5, 0.6) is 0 Å². The summed E-state index contributed by atoms with van der Waals surface area (Å²) in [5, 5.41) is 0. The number of rotatable bonds is 5. The number of hydrogen-bond donors (Lipinski definition) is 1. The van der Waals surface area contributed by atoms with Gasteiger partial charge in [-0.15, -0.1) is 0 Å². The highest BCUT2D eigenvalue weighted by Gasteiger charge is 2.17. The Morgan fingerprint density at radius 3 is 2.68 bits per heavy atom. The van der Waals surface area contributed by atoms with Gasteiger partial charge in [0, 0.05) is 23.5 Å². The number of anilines is 1. The maximum Gasteiger partial charge on any atom is 0.221 e. The summed E-state index contributed by atoms with van der Waals surface area (Å²) in [4.78, 5) is 13.0. The van der Waals surface area contributed by atoms with Crippen molar-refractivity contribution in [3.05, 3.63) is 48.5 Å². The number of aromatic nitrogens is 3. The highest BCUT2D eigenvalue weighted by atomic mass is 16.3. The molecule has 0 bridgehead atoms. The molecule has 0 aliphatic rings. The van der Waals surface area contributed by atoms with Crippen molar-refractivity contribution < 1.29 is 4.42 Å². The van der Waals surface area contributed by atoms with Gasteiger partial charge in [-0.2, -0.15) is 0 Å². The Kier molecular flexibility index (Phi) is 4.14. The first kappa shape index (κ1) is 14.3. The molecule has 0 spiro atoms. The van der Waals surface area contributed by atoms with Gasteiger partial charge in [0.2, 0.25) is 5.95 Å². The lowest BCUT2D eigenvalue weighted by atomic mass is 9.99. The topological polar surface area (TPSA) is 77.8 Å². The van der Waals surface area contributed by atoms with E-state index in [9.17, 15) is 0 Å². The van der Waals surface area contributed by atoms with Crippen molar-refractivity contribution in [2.45, 2.75) is 26.2 Å². The summed E-state index contributed by atoms with van der Waals surface area (Å²) in [5.41, 5.74) is 9.51. The number of hydrogen-bond acceptors (Lipinski definition) is 5. The van der Waals surface area contributed by atoms with Crippen molar-refractivity contribution in [2.75, 3.05) is 5.73 Å². The molecule has 0 aliphatic heterocycles. The summed E-state index contributed by atoms with van der Waals surface area (Å²) in [6, 6.07) is 7.62. The molecule has 0 atom stereocenters.